The lowest BCUT2D eigenvalue weighted by molar-refractivity contribution is 0.533. The van der Waals surface area contributed by atoms with Crippen molar-refractivity contribution in [3.8, 4) is 0 Å². The molecular weight excluding hydrogens is 142 g/mol. The van der Waals surface area contributed by atoms with Crippen molar-refractivity contribution in [1.29, 1.82) is 0 Å². The number of thioether (sulfide) groups is 1. The van der Waals surface area contributed by atoms with Crippen LogP contribution in [0.25, 0.3) is 0 Å². The van der Waals surface area contributed by atoms with Gasteiger partial charge in [0.15, 0.2) is 0 Å². The fourth-order valence-electron chi connectivity index (χ4n) is 0.522. The van der Waals surface area contributed by atoms with E-state index in [9.17, 15) is 0 Å². The zero-order valence-corrected chi connectivity index (χ0v) is 8.51. The monoisotopic (exact) mass is 161 g/mol. The van der Waals surface area contributed by atoms with Crippen molar-refractivity contribution in [2.75, 3.05) is 12.8 Å². The molecule has 0 aliphatic rings. The first-order valence-electron chi connectivity index (χ1n) is 3.76. The highest BCUT2D eigenvalue weighted by atomic mass is 32.2. The summed E-state index contributed by atoms with van der Waals surface area (Å²) in [7, 11) is 0. The van der Waals surface area contributed by atoms with Crippen molar-refractivity contribution in [1.82, 2.24) is 5.32 Å². The highest BCUT2D eigenvalue weighted by Gasteiger charge is 2.14. The van der Waals surface area contributed by atoms with Gasteiger partial charge in [0.1, 0.15) is 0 Å². The van der Waals surface area contributed by atoms with Gasteiger partial charge in [-0.1, -0.05) is 13.8 Å². The zero-order valence-electron chi connectivity index (χ0n) is 7.69. The Morgan fingerprint density at radius 2 is 1.90 bits per heavy atom. The largest absolute Gasteiger partial charge is 0.313 e. The molecule has 0 aromatic carbocycles. The van der Waals surface area contributed by atoms with Gasteiger partial charge in [-0.15, -0.1) is 0 Å². The molecule has 10 heavy (non-hydrogen) atoms. The summed E-state index contributed by atoms with van der Waals surface area (Å²) in [6, 6.07) is 0.603. The quantitative estimate of drug-likeness (QED) is 0.678. The molecule has 2 heteroatoms. The first-order valence-corrected chi connectivity index (χ1v) is 4.99. The topological polar surface area (TPSA) is 12.0 Å². The Morgan fingerprint density at radius 1 is 1.40 bits per heavy atom. The molecule has 1 N–H and O–H groups in total. The normalized spacial score (nSPS) is 12.6. The van der Waals surface area contributed by atoms with Crippen LogP contribution in [0.15, 0.2) is 0 Å². The number of nitrogens with one attached hydrogen (secondary N) is 1. The number of rotatable bonds is 4. The molecule has 0 unspecified atom stereocenters. The molecule has 0 saturated carbocycles. The molecule has 1 nitrogen and oxygen atoms in total. The van der Waals surface area contributed by atoms with E-state index in [1.807, 2.05) is 11.8 Å². The molecule has 0 spiro atoms. The van der Waals surface area contributed by atoms with Crippen LogP contribution in [-0.2, 0) is 0 Å². The molecule has 0 atom stereocenters. The number of hydrogen-bond acceptors (Lipinski definition) is 2. The first-order chi connectivity index (χ1) is 4.48. The molecule has 0 amide bonds. The summed E-state index contributed by atoms with van der Waals surface area (Å²) in [5.74, 6) is 0. The third-order valence-electron chi connectivity index (χ3n) is 1.49. The van der Waals surface area contributed by atoms with Crippen molar-refractivity contribution in [3.05, 3.63) is 0 Å². The third-order valence-corrected chi connectivity index (χ3v) is 2.74. The second-order valence-electron chi connectivity index (χ2n) is 3.50. The molecule has 0 heterocycles. The summed E-state index contributed by atoms with van der Waals surface area (Å²) in [6.45, 7) is 9.96. The Balaban J connectivity index is 3.46. The van der Waals surface area contributed by atoms with Crippen molar-refractivity contribution < 1.29 is 0 Å². The van der Waals surface area contributed by atoms with Crippen LogP contribution in [0.5, 0.6) is 0 Å². The minimum atomic E-state index is 0.379. The van der Waals surface area contributed by atoms with Crippen molar-refractivity contribution in [2.24, 2.45) is 0 Å². The van der Waals surface area contributed by atoms with Crippen molar-refractivity contribution >= 4 is 11.8 Å². The Morgan fingerprint density at radius 3 is 2.20 bits per heavy atom. The van der Waals surface area contributed by atoms with Crippen LogP contribution in [0.4, 0.5) is 0 Å². The highest BCUT2D eigenvalue weighted by molar-refractivity contribution is 7.99. The van der Waals surface area contributed by atoms with Crippen molar-refractivity contribution in [2.45, 2.75) is 38.5 Å². The van der Waals surface area contributed by atoms with E-state index in [2.05, 4.69) is 39.3 Å². The SMILES string of the molecule is CSC(C)(C)CNC(C)C. The van der Waals surface area contributed by atoms with Crippen LogP contribution in [0.2, 0.25) is 0 Å². The maximum atomic E-state index is 3.42. The molecular formula is C8H19NS. The molecule has 0 bridgehead atoms. The Bertz CT molecular complexity index is 89.3. The zero-order chi connectivity index (χ0) is 8.20. The number of hydrogen-bond donors (Lipinski definition) is 1. The van der Waals surface area contributed by atoms with E-state index in [0.29, 0.717) is 10.8 Å². The van der Waals surface area contributed by atoms with E-state index in [1.54, 1.807) is 0 Å². The lowest BCUT2D eigenvalue weighted by atomic mass is 10.2. The molecule has 0 aliphatic carbocycles. The molecule has 0 saturated heterocycles. The smallest absolute Gasteiger partial charge is 0.0225 e. The second kappa shape index (κ2) is 4.24. The Hall–Kier alpha value is 0.310. The molecule has 0 rings (SSSR count). The van der Waals surface area contributed by atoms with E-state index < -0.39 is 0 Å². The van der Waals surface area contributed by atoms with Gasteiger partial charge in [-0.3, -0.25) is 0 Å². The van der Waals surface area contributed by atoms with Gasteiger partial charge in [0.25, 0.3) is 0 Å². The van der Waals surface area contributed by atoms with Gasteiger partial charge in [0, 0.05) is 17.3 Å². The van der Waals surface area contributed by atoms with E-state index in [1.165, 1.54) is 0 Å². The van der Waals surface area contributed by atoms with Crippen LogP contribution in [0.1, 0.15) is 27.7 Å². The summed E-state index contributed by atoms with van der Waals surface area (Å²) in [4.78, 5) is 0. The van der Waals surface area contributed by atoms with Crippen LogP contribution >= 0.6 is 11.8 Å². The first kappa shape index (κ1) is 10.3. The van der Waals surface area contributed by atoms with Gasteiger partial charge < -0.3 is 5.32 Å². The Kier molecular flexibility index (Phi) is 4.37. The van der Waals surface area contributed by atoms with Crippen LogP contribution in [0, 0.1) is 0 Å². The maximum Gasteiger partial charge on any atom is 0.0225 e. The lowest BCUT2D eigenvalue weighted by Gasteiger charge is -2.23. The third kappa shape index (κ3) is 5.12. The summed E-state index contributed by atoms with van der Waals surface area (Å²) >= 11 is 1.91. The van der Waals surface area contributed by atoms with E-state index in [0.717, 1.165) is 6.54 Å². The fourth-order valence-corrected chi connectivity index (χ4v) is 0.750. The maximum absolute atomic E-state index is 3.42. The highest BCUT2D eigenvalue weighted by Crippen LogP contribution is 2.19. The summed E-state index contributed by atoms with van der Waals surface area (Å²) in [5, 5.41) is 3.42. The lowest BCUT2D eigenvalue weighted by Crippen LogP contribution is -2.35. The van der Waals surface area contributed by atoms with E-state index >= 15 is 0 Å². The molecule has 0 aromatic rings. The minimum Gasteiger partial charge on any atom is -0.313 e. The molecule has 0 aliphatic heterocycles. The molecule has 62 valence electrons. The van der Waals surface area contributed by atoms with Crippen LogP contribution < -0.4 is 5.32 Å². The average Bonchev–Trinajstić information content (AvgIpc) is 1.85. The van der Waals surface area contributed by atoms with Gasteiger partial charge in [0.05, 0.1) is 0 Å². The second-order valence-corrected chi connectivity index (χ2v) is 5.01. The van der Waals surface area contributed by atoms with Gasteiger partial charge in [-0.25, -0.2) is 0 Å². The molecule has 0 radical (unpaired) electrons. The Labute approximate surface area is 69.0 Å². The standard InChI is InChI=1S/C8H19NS/c1-7(2)9-6-8(3,4)10-5/h7,9H,6H2,1-5H3. The van der Waals surface area contributed by atoms with Gasteiger partial charge in [-0.2, -0.15) is 11.8 Å². The van der Waals surface area contributed by atoms with E-state index in [-0.39, 0.29) is 0 Å². The predicted molar refractivity (Wildman–Crippen MR) is 50.7 cm³/mol. The molecule has 0 fully saturated rings. The van der Waals surface area contributed by atoms with E-state index in [4.69, 9.17) is 0 Å². The van der Waals surface area contributed by atoms with Crippen molar-refractivity contribution in [3.63, 3.8) is 0 Å². The summed E-state index contributed by atoms with van der Waals surface area (Å²) < 4.78 is 0.379. The molecule has 0 aromatic heterocycles. The minimum absolute atomic E-state index is 0.379. The fraction of sp³-hybridized carbons (Fsp3) is 1.00. The van der Waals surface area contributed by atoms with Gasteiger partial charge >= 0.3 is 0 Å². The van der Waals surface area contributed by atoms with Crippen LogP contribution in [-0.4, -0.2) is 23.6 Å². The van der Waals surface area contributed by atoms with Crippen LogP contribution in [0.3, 0.4) is 0 Å². The van der Waals surface area contributed by atoms with Gasteiger partial charge in [-0.05, 0) is 20.1 Å². The predicted octanol–water partition coefficient (Wildman–Crippen LogP) is 2.13. The average molecular weight is 161 g/mol. The summed E-state index contributed by atoms with van der Waals surface area (Å²) in [6.07, 6.45) is 2.15. The summed E-state index contributed by atoms with van der Waals surface area (Å²) in [5.41, 5.74) is 0. The van der Waals surface area contributed by atoms with Gasteiger partial charge in [0.2, 0.25) is 0 Å².